The van der Waals surface area contributed by atoms with Crippen LogP contribution in [0.15, 0.2) is 59.5 Å². The fourth-order valence-electron chi connectivity index (χ4n) is 3.63. The average Bonchev–Trinajstić information content (AvgIpc) is 3.13. The van der Waals surface area contributed by atoms with Crippen LogP contribution in [0.3, 0.4) is 0 Å². The van der Waals surface area contributed by atoms with Crippen molar-refractivity contribution >= 4 is 23.6 Å². The minimum Gasteiger partial charge on any atom is -0.349 e. The molecule has 1 fully saturated rings. The Morgan fingerprint density at radius 2 is 1.65 bits per heavy atom. The lowest BCUT2D eigenvalue weighted by Crippen LogP contribution is -2.48. The maximum atomic E-state index is 12.8. The molecule has 1 atom stereocenters. The van der Waals surface area contributed by atoms with Gasteiger partial charge < -0.3 is 10.2 Å². The van der Waals surface area contributed by atoms with E-state index >= 15 is 0 Å². The van der Waals surface area contributed by atoms with E-state index in [1.165, 1.54) is 10.5 Å². The molecule has 2 heterocycles. The zero-order valence-corrected chi connectivity index (χ0v) is 15.4. The molecule has 1 saturated heterocycles. The third-order valence-corrected chi connectivity index (χ3v) is 6.41. The van der Waals surface area contributed by atoms with Crippen molar-refractivity contribution in [1.82, 2.24) is 10.2 Å². The summed E-state index contributed by atoms with van der Waals surface area (Å²) in [6.45, 7) is 1.43. The maximum absolute atomic E-state index is 12.8. The zero-order valence-electron chi connectivity index (χ0n) is 14.6. The van der Waals surface area contributed by atoms with Crippen LogP contribution in [0.25, 0.3) is 0 Å². The molecule has 0 aromatic heterocycles. The first-order chi connectivity index (χ1) is 12.7. The molecule has 2 aromatic rings. The van der Waals surface area contributed by atoms with E-state index in [9.17, 15) is 9.59 Å². The van der Waals surface area contributed by atoms with Gasteiger partial charge in [-0.2, -0.15) is 0 Å². The lowest BCUT2D eigenvalue weighted by molar-refractivity contribution is -0.131. The largest absolute Gasteiger partial charge is 0.349 e. The lowest BCUT2D eigenvalue weighted by atomic mass is 10.0. The molecule has 2 amide bonds. The minimum absolute atomic E-state index is 0.00265. The van der Waals surface area contributed by atoms with Gasteiger partial charge in [0.1, 0.15) is 0 Å². The van der Waals surface area contributed by atoms with Gasteiger partial charge in [-0.3, -0.25) is 9.59 Å². The van der Waals surface area contributed by atoms with Crippen molar-refractivity contribution in [3.8, 4) is 0 Å². The first-order valence-corrected chi connectivity index (χ1v) is 9.98. The van der Waals surface area contributed by atoms with E-state index < -0.39 is 0 Å². The molecule has 0 radical (unpaired) electrons. The Balaban J connectivity index is 1.29. The molecule has 4 rings (SSSR count). The van der Waals surface area contributed by atoms with E-state index in [4.69, 9.17) is 0 Å². The van der Waals surface area contributed by atoms with Crippen LogP contribution in [0, 0.1) is 0 Å². The van der Waals surface area contributed by atoms with Crippen LogP contribution in [0.1, 0.15) is 28.8 Å². The molecule has 0 spiro atoms. The van der Waals surface area contributed by atoms with Crippen molar-refractivity contribution in [3.63, 3.8) is 0 Å². The van der Waals surface area contributed by atoms with E-state index in [2.05, 4.69) is 17.4 Å². The summed E-state index contributed by atoms with van der Waals surface area (Å²) in [6, 6.07) is 17.7. The predicted octanol–water partition coefficient (Wildman–Crippen LogP) is 3.12. The summed E-state index contributed by atoms with van der Waals surface area (Å²) in [6.07, 6.45) is 2.45. The molecular formula is C21H22N2O2S. The molecule has 0 bridgehead atoms. The van der Waals surface area contributed by atoms with Crippen LogP contribution in [0.2, 0.25) is 0 Å². The quantitative estimate of drug-likeness (QED) is 0.908. The monoisotopic (exact) mass is 366 g/mol. The predicted molar refractivity (Wildman–Crippen MR) is 103 cm³/mol. The van der Waals surface area contributed by atoms with Crippen LogP contribution < -0.4 is 5.32 Å². The van der Waals surface area contributed by atoms with E-state index in [1.54, 1.807) is 11.8 Å². The smallest absolute Gasteiger partial charge is 0.251 e. The number of fused-ring (bicyclic) bond motifs is 1. The molecule has 134 valence electrons. The summed E-state index contributed by atoms with van der Waals surface area (Å²) in [5.74, 6) is 0.205. The first kappa shape index (κ1) is 17.2. The second kappa shape index (κ2) is 7.54. The standard InChI is InChI=1S/C21H22N2O2S/c24-20(15-6-2-1-3-7-15)22-17-10-12-23(13-11-17)21(25)19-14-16-8-4-5-9-18(16)26-19/h1-9,17,19H,10-14H2,(H,22,24). The van der Waals surface area contributed by atoms with Gasteiger partial charge >= 0.3 is 0 Å². The van der Waals surface area contributed by atoms with Gasteiger partial charge in [-0.05, 0) is 43.0 Å². The topological polar surface area (TPSA) is 49.4 Å². The Morgan fingerprint density at radius 1 is 0.962 bits per heavy atom. The third kappa shape index (κ3) is 3.63. The van der Waals surface area contributed by atoms with Crippen LogP contribution in [-0.2, 0) is 11.2 Å². The number of hydrogen-bond acceptors (Lipinski definition) is 3. The van der Waals surface area contributed by atoms with Gasteiger partial charge in [0.05, 0.1) is 5.25 Å². The van der Waals surface area contributed by atoms with Crippen molar-refractivity contribution < 1.29 is 9.59 Å². The van der Waals surface area contributed by atoms with Crippen molar-refractivity contribution in [2.75, 3.05) is 13.1 Å². The highest BCUT2D eigenvalue weighted by Crippen LogP contribution is 2.37. The van der Waals surface area contributed by atoms with Crippen molar-refractivity contribution in [2.24, 2.45) is 0 Å². The molecule has 4 nitrogen and oxygen atoms in total. The summed E-state index contributed by atoms with van der Waals surface area (Å²) in [4.78, 5) is 28.3. The number of piperidine rings is 1. The summed E-state index contributed by atoms with van der Waals surface area (Å²) >= 11 is 1.69. The molecule has 0 saturated carbocycles. The van der Waals surface area contributed by atoms with Crippen LogP contribution in [-0.4, -0.2) is 41.1 Å². The summed E-state index contributed by atoms with van der Waals surface area (Å²) in [5, 5.41) is 3.10. The summed E-state index contributed by atoms with van der Waals surface area (Å²) < 4.78 is 0. The fraction of sp³-hybridized carbons (Fsp3) is 0.333. The van der Waals surface area contributed by atoms with Gasteiger partial charge in [0.15, 0.2) is 0 Å². The Labute approximate surface area is 158 Å². The Hall–Kier alpha value is -2.27. The van der Waals surface area contributed by atoms with Crippen molar-refractivity contribution in [1.29, 1.82) is 0 Å². The van der Waals surface area contributed by atoms with E-state index in [1.807, 2.05) is 47.4 Å². The number of thioether (sulfide) groups is 1. The van der Waals surface area contributed by atoms with Gasteiger partial charge in [-0.15, -0.1) is 11.8 Å². The van der Waals surface area contributed by atoms with Gasteiger partial charge in [-0.25, -0.2) is 0 Å². The van der Waals surface area contributed by atoms with Crippen LogP contribution in [0.5, 0.6) is 0 Å². The highest BCUT2D eigenvalue weighted by Gasteiger charge is 2.33. The SMILES string of the molecule is O=C(NC1CCN(C(=O)C2Cc3ccccc3S2)CC1)c1ccccc1. The molecule has 2 aromatic carbocycles. The average molecular weight is 366 g/mol. The van der Waals surface area contributed by atoms with Crippen LogP contribution in [0.4, 0.5) is 0 Å². The number of rotatable bonds is 3. The number of hydrogen-bond donors (Lipinski definition) is 1. The minimum atomic E-state index is -0.0304. The van der Waals surface area contributed by atoms with E-state index in [0.717, 1.165) is 19.3 Å². The van der Waals surface area contributed by atoms with Crippen molar-refractivity contribution in [2.45, 2.75) is 35.4 Å². The molecule has 2 aliphatic heterocycles. The molecular weight excluding hydrogens is 344 g/mol. The Kier molecular flexibility index (Phi) is 4.98. The highest BCUT2D eigenvalue weighted by molar-refractivity contribution is 8.01. The highest BCUT2D eigenvalue weighted by atomic mass is 32.2. The number of amides is 2. The first-order valence-electron chi connectivity index (χ1n) is 9.10. The van der Waals surface area contributed by atoms with Gasteiger partial charge in [0.25, 0.3) is 5.91 Å². The normalized spacial score (nSPS) is 19.8. The number of carbonyl (C=O) groups excluding carboxylic acids is 2. The molecule has 0 aliphatic carbocycles. The number of benzene rings is 2. The van der Waals surface area contributed by atoms with E-state index in [-0.39, 0.29) is 23.1 Å². The molecule has 26 heavy (non-hydrogen) atoms. The van der Waals surface area contributed by atoms with E-state index in [0.29, 0.717) is 18.7 Å². The fourth-order valence-corrected chi connectivity index (χ4v) is 4.91. The summed E-state index contributed by atoms with van der Waals surface area (Å²) in [7, 11) is 0. The number of nitrogens with one attached hydrogen (secondary N) is 1. The lowest BCUT2D eigenvalue weighted by Gasteiger charge is -2.33. The second-order valence-corrected chi connectivity index (χ2v) is 8.10. The number of carbonyl (C=O) groups is 2. The van der Waals surface area contributed by atoms with Gasteiger partial charge in [-0.1, -0.05) is 36.4 Å². The molecule has 1 unspecified atom stereocenters. The number of nitrogens with zero attached hydrogens (tertiary/aromatic N) is 1. The van der Waals surface area contributed by atoms with Crippen LogP contribution >= 0.6 is 11.8 Å². The third-order valence-electron chi connectivity index (χ3n) is 5.10. The summed E-state index contributed by atoms with van der Waals surface area (Å²) in [5.41, 5.74) is 1.96. The Morgan fingerprint density at radius 3 is 2.38 bits per heavy atom. The maximum Gasteiger partial charge on any atom is 0.251 e. The number of likely N-dealkylation sites (tertiary alicyclic amines) is 1. The van der Waals surface area contributed by atoms with Crippen molar-refractivity contribution in [3.05, 3.63) is 65.7 Å². The van der Waals surface area contributed by atoms with Gasteiger partial charge in [0, 0.05) is 29.6 Å². The zero-order chi connectivity index (χ0) is 17.9. The molecule has 1 N–H and O–H groups in total. The molecule has 5 heteroatoms. The molecule has 2 aliphatic rings. The Bertz CT molecular complexity index is 776. The second-order valence-electron chi connectivity index (χ2n) is 6.86. The van der Waals surface area contributed by atoms with Gasteiger partial charge in [0.2, 0.25) is 5.91 Å².